The molecule has 0 amide bonds. The molecule has 0 saturated heterocycles. The van der Waals surface area contributed by atoms with E-state index in [-0.39, 0.29) is 15.8 Å². The monoisotopic (exact) mass is 323 g/mol. The van der Waals surface area contributed by atoms with E-state index in [1.54, 1.807) is 6.07 Å². The zero-order chi connectivity index (χ0) is 15.8. The number of pyridine rings is 1. The van der Waals surface area contributed by atoms with Crippen molar-refractivity contribution in [1.29, 1.82) is 0 Å². The second-order valence-corrected chi connectivity index (χ2v) is 6.18. The second-order valence-electron chi connectivity index (χ2n) is 4.21. The highest BCUT2D eigenvalue weighted by atomic mass is 32.2. The number of halogens is 3. The number of fused-ring (bicyclic) bond motifs is 1. The van der Waals surface area contributed by atoms with Gasteiger partial charge in [-0.05, 0) is 12.1 Å². The van der Waals surface area contributed by atoms with Gasteiger partial charge in [-0.2, -0.15) is 17.5 Å². The van der Waals surface area contributed by atoms with Gasteiger partial charge in [-0.15, -0.1) is 0 Å². The van der Waals surface area contributed by atoms with Crippen LogP contribution < -0.4 is 11.3 Å². The van der Waals surface area contributed by atoms with E-state index >= 15 is 0 Å². The van der Waals surface area contributed by atoms with Crippen molar-refractivity contribution in [3.8, 4) is 0 Å². The van der Waals surface area contributed by atoms with Crippen LogP contribution in [0.2, 0.25) is 0 Å². The average molecular weight is 323 g/mol. The molecule has 2 aromatic rings. The number of alkyl halides is 3. The molecule has 2 aromatic heterocycles. The lowest BCUT2D eigenvalue weighted by Crippen LogP contribution is -2.36. The molecular formula is C10H12F3N5O2S. The van der Waals surface area contributed by atoms with Gasteiger partial charge in [0.05, 0.1) is 0 Å². The molecule has 0 aromatic carbocycles. The largest absolute Gasteiger partial charge is 0.402 e. The Kier molecular flexibility index (Phi) is 3.82. The fourth-order valence-electron chi connectivity index (χ4n) is 1.80. The zero-order valence-electron chi connectivity index (χ0n) is 10.8. The van der Waals surface area contributed by atoms with Crippen LogP contribution in [0.5, 0.6) is 0 Å². The number of hydrazine groups is 1. The van der Waals surface area contributed by atoms with Crippen molar-refractivity contribution in [3.05, 3.63) is 24.4 Å². The molecule has 0 aliphatic heterocycles. The smallest absolute Gasteiger partial charge is 0.306 e. The number of hydrogen-bond acceptors (Lipinski definition) is 5. The quantitative estimate of drug-likeness (QED) is 0.641. The number of nitrogens with zero attached hydrogens (tertiary/aromatic N) is 3. The van der Waals surface area contributed by atoms with Gasteiger partial charge in [0.2, 0.25) is 5.03 Å². The van der Waals surface area contributed by atoms with Crippen molar-refractivity contribution in [2.45, 2.75) is 11.2 Å². The minimum atomic E-state index is -4.65. The number of nitrogens with one attached hydrogen (secondary N) is 1. The molecule has 0 fully saturated rings. The summed E-state index contributed by atoms with van der Waals surface area (Å²) < 4.78 is 63.2. The number of nitrogen functional groups attached to an aromatic ring is 1. The van der Waals surface area contributed by atoms with Crippen molar-refractivity contribution in [2.75, 3.05) is 19.0 Å². The number of aromatic nitrogens is 2. The van der Waals surface area contributed by atoms with E-state index in [9.17, 15) is 21.6 Å². The molecule has 0 aliphatic carbocycles. The van der Waals surface area contributed by atoms with Gasteiger partial charge in [-0.25, -0.2) is 19.2 Å². The van der Waals surface area contributed by atoms with Crippen LogP contribution >= 0.6 is 0 Å². The summed E-state index contributed by atoms with van der Waals surface area (Å²) in [6, 6.07) is 4.64. The number of hydrogen-bond donors (Lipinski definition) is 2. The summed E-state index contributed by atoms with van der Waals surface area (Å²) in [5, 5.41) is -0.452. The van der Waals surface area contributed by atoms with Gasteiger partial charge in [0, 0.05) is 13.2 Å². The van der Waals surface area contributed by atoms with Gasteiger partial charge in [0.1, 0.15) is 12.2 Å². The van der Waals surface area contributed by atoms with Gasteiger partial charge in [-0.1, -0.05) is 6.07 Å². The van der Waals surface area contributed by atoms with Crippen LogP contribution in [0, 0.1) is 0 Å². The van der Waals surface area contributed by atoms with Crippen molar-refractivity contribution in [2.24, 2.45) is 5.84 Å². The third-order valence-corrected chi connectivity index (χ3v) is 4.51. The number of rotatable bonds is 4. The maximum atomic E-state index is 12.4. The van der Waals surface area contributed by atoms with Crippen LogP contribution in [-0.4, -0.2) is 41.9 Å². The summed E-state index contributed by atoms with van der Waals surface area (Å²) in [4.78, 5) is 3.92. The van der Waals surface area contributed by atoms with Crippen molar-refractivity contribution >= 4 is 21.5 Å². The van der Waals surface area contributed by atoms with Crippen LogP contribution in [0.4, 0.5) is 19.0 Å². The topological polar surface area (TPSA) is 92.7 Å². The van der Waals surface area contributed by atoms with Gasteiger partial charge in [0.25, 0.3) is 10.0 Å². The number of anilines is 1. The predicted molar refractivity (Wildman–Crippen MR) is 68.9 cm³/mol. The van der Waals surface area contributed by atoms with Crippen molar-refractivity contribution in [3.63, 3.8) is 0 Å². The molecule has 3 N–H and O–H groups in total. The summed E-state index contributed by atoms with van der Waals surface area (Å²) >= 11 is 0. The lowest BCUT2D eigenvalue weighted by molar-refractivity contribution is -0.134. The van der Waals surface area contributed by atoms with Gasteiger partial charge in [0.15, 0.2) is 5.82 Å². The molecule has 2 rings (SSSR count). The molecule has 0 saturated carbocycles. The van der Waals surface area contributed by atoms with E-state index in [0.29, 0.717) is 0 Å². The Bertz CT molecular complexity index is 756. The summed E-state index contributed by atoms with van der Waals surface area (Å²) in [5.74, 6) is 4.98. The van der Waals surface area contributed by atoms with Crippen LogP contribution in [0.15, 0.2) is 29.4 Å². The Balaban J connectivity index is 2.59. The van der Waals surface area contributed by atoms with E-state index < -0.39 is 27.8 Å². The molecule has 7 nitrogen and oxygen atoms in total. The maximum Gasteiger partial charge on any atom is 0.402 e. The number of imidazole rings is 1. The first-order valence-corrected chi connectivity index (χ1v) is 7.07. The Hall–Kier alpha value is -1.85. The molecule has 0 atom stereocenters. The molecule has 0 unspecified atom stereocenters. The standard InChI is InChI=1S/C10H12F3N5O2S/c1-17(6-10(11,12)13)21(19,20)9-8(16-14)15-7-4-2-3-5-18(7)9/h2-5,16H,6,14H2,1H3. The first kappa shape index (κ1) is 15.5. The third kappa shape index (κ3) is 2.94. The molecular weight excluding hydrogens is 311 g/mol. The molecule has 0 aliphatic rings. The predicted octanol–water partition coefficient (Wildman–Crippen LogP) is 0.803. The SMILES string of the molecule is CN(CC(F)(F)F)S(=O)(=O)c1c(NN)nc2ccccn12. The second kappa shape index (κ2) is 5.16. The Morgan fingerprint density at radius 3 is 2.67 bits per heavy atom. The lowest BCUT2D eigenvalue weighted by atomic mass is 10.5. The van der Waals surface area contributed by atoms with E-state index in [2.05, 4.69) is 10.4 Å². The molecule has 0 spiro atoms. The normalized spacial score (nSPS) is 13.0. The third-order valence-electron chi connectivity index (χ3n) is 2.68. The first-order valence-electron chi connectivity index (χ1n) is 5.63. The lowest BCUT2D eigenvalue weighted by Gasteiger charge is -2.19. The summed E-state index contributed by atoms with van der Waals surface area (Å²) in [6.45, 7) is -1.61. The average Bonchev–Trinajstić information content (AvgIpc) is 2.75. The Labute approximate surface area is 118 Å². The van der Waals surface area contributed by atoms with Gasteiger partial charge >= 0.3 is 6.18 Å². The minimum absolute atomic E-state index is 0.199. The van der Waals surface area contributed by atoms with E-state index in [1.807, 2.05) is 0 Å². The Morgan fingerprint density at radius 2 is 2.10 bits per heavy atom. The number of nitrogens with two attached hydrogens (primary N) is 1. The first-order chi connectivity index (χ1) is 9.66. The van der Waals surface area contributed by atoms with Crippen LogP contribution in [0.25, 0.3) is 5.65 Å². The van der Waals surface area contributed by atoms with E-state index in [4.69, 9.17) is 5.84 Å². The molecule has 11 heteroatoms. The molecule has 0 radical (unpaired) electrons. The summed E-state index contributed by atoms with van der Waals surface area (Å²) in [6.07, 6.45) is -3.28. The highest BCUT2D eigenvalue weighted by Gasteiger charge is 2.37. The van der Waals surface area contributed by atoms with Gasteiger partial charge < -0.3 is 5.43 Å². The number of sulfonamides is 1. The molecule has 2 heterocycles. The van der Waals surface area contributed by atoms with Crippen molar-refractivity contribution < 1.29 is 21.6 Å². The minimum Gasteiger partial charge on any atom is -0.306 e. The molecule has 21 heavy (non-hydrogen) atoms. The van der Waals surface area contributed by atoms with E-state index in [1.165, 1.54) is 18.3 Å². The van der Waals surface area contributed by atoms with E-state index in [0.717, 1.165) is 11.4 Å². The van der Waals surface area contributed by atoms with Crippen LogP contribution in [-0.2, 0) is 10.0 Å². The van der Waals surface area contributed by atoms with Crippen LogP contribution in [0.1, 0.15) is 0 Å². The fraction of sp³-hybridized carbons (Fsp3) is 0.300. The van der Waals surface area contributed by atoms with Crippen molar-refractivity contribution in [1.82, 2.24) is 13.7 Å². The fourth-order valence-corrected chi connectivity index (χ4v) is 3.16. The van der Waals surface area contributed by atoms with Crippen LogP contribution in [0.3, 0.4) is 0 Å². The highest BCUT2D eigenvalue weighted by Crippen LogP contribution is 2.26. The molecule has 0 bridgehead atoms. The summed E-state index contributed by atoms with van der Waals surface area (Å²) in [7, 11) is -3.59. The Morgan fingerprint density at radius 1 is 1.43 bits per heavy atom. The highest BCUT2D eigenvalue weighted by molar-refractivity contribution is 7.89. The molecule has 116 valence electrons. The van der Waals surface area contributed by atoms with Gasteiger partial charge in [-0.3, -0.25) is 4.40 Å². The zero-order valence-corrected chi connectivity index (χ0v) is 11.6. The summed E-state index contributed by atoms with van der Waals surface area (Å²) in [5.41, 5.74) is 2.33. The maximum absolute atomic E-state index is 12.4.